The van der Waals surface area contributed by atoms with E-state index < -0.39 is 0 Å². The maximum Gasteiger partial charge on any atom is 0.127 e. The SMILES string of the molecule is CCc1nnsc1C(NN)c1ccc(OC)cc1OC. The molecule has 0 fully saturated rings. The molecule has 108 valence electrons. The number of nitrogens with one attached hydrogen (secondary N) is 1. The summed E-state index contributed by atoms with van der Waals surface area (Å²) < 4.78 is 14.6. The summed E-state index contributed by atoms with van der Waals surface area (Å²) in [6, 6.07) is 5.44. The molecule has 0 radical (unpaired) electrons. The van der Waals surface area contributed by atoms with Crippen LogP contribution in [0.3, 0.4) is 0 Å². The van der Waals surface area contributed by atoms with Crippen LogP contribution in [0.4, 0.5) is 0 Å². The zero-order valence-electron chi connectivity index (χ0n) is 11.7. The minimum absolute atomic E-state index is 0.203. The van der Waals surface area contributed by atoms with E-state index in [9.17, 15) is 0 Å². The van der Waals surface area contributed by atoms with Crippen molar-refractivity contribution in [2.24, 2.45) is 5.84 Å². The predicted molar refractivity (Wildman–Crippen MR) is 78.0 cm³/mol. The molecule has 0 amide bonds. The quantitative estimate of drug-likeness (QED) is 0.623. The minimum Gasteiger partial charge on any atom is -0.497 e. The van der Waals surface area contributed by atoms with Crippen LogP contribution in [0.1, 0.15) is 29.1 Å². The van der Waals surface area contributed by atoms with E-state index >= 15 is 0 Å². The maximum atomic E-state index is 5.73. The highest BCUT2D eigenvalue weighted by molar-refractivity contribution is 7.05. The van der Waals surface area contributed by atoms with Gasteiger partial charge in [0.2, 0.25) is 0 Å². The Morgan fingerprint density at radius 1 is 1.35 bits per heavy atom. The highest BCUT2D eigenvalue weighted by Gasteiger charge is 2.22. The van der Waals surface area contributed by atoms with E-state index in [0.717, 1.165) is 28.3 Å². The Labute approximate surface area is 122 Å². The van der Waals surface area contributed by atoms with Crippen LogP contribution in [0.15, 0.2) is 18.2 Å². The lowest BCUT2D eigenvalue weighted by Gasteiger charge is -2.19. The van der Waals surface area contributed by atoms with Crippen LogP contribution in [0, 0.1) is 0 Å². The lowest BCUT2D eigenvalue weighted by atomic mass is 10.0. The number of hydrazine groups is 1. The molecule has 7 heteroatoms. The molecule has 0 aliphatic carbocycles. The van der Waals surface area contributed by atoms with Gasteiger partial charge in [0.15, 0.2) is 0 Å². The molecular weight excluding hydrogens is 276 g/mol. The summed E-state index contributed by atoms with van der Waals surface area (Å²) in [5, 5.41) is 4.13. The van der Waals surface area contributed by atoms with Gasteiger partial charge in [-0.05, 0) is 30.1 Å². The summed E-state index contributed by atoms with van der Waals surface area (Å²) in [5.41, 5.74) is 4.69. The molecule has 1 aromatic carbocycles. The second-order valence-electron chi connectivity index (χ2n) is 4.14. The molecule has 20 heavy (non-hydrogen) atoms. The first-order valence-corrected chi connectivity index (χ1v) is 7.01. The highest BCUT2D eigenvalue weighted by Crippen LogP contribution is 2.34. The van der Waals surface area contributed by atoms with E-state index in [1.165, 1.54) is 11.5 Å². The molecule has 2 aromatic rings. The first-order valence-electron chi connectivity index (χ1n) is 6.24. The van der Waals surface area contributed by atoms with Gasteiger partial charge in [0.25, 0.3) is 0 Å². The van der Waals surface area contributed by atoms with Crippen LogP contribution in [0.5, 0.6) is 11.5 Å². The zero-order chi connectivity index (χ0) is 14.5. The Balaban J connectivity index is 2.46. The topological polar surface area (TPSA) is 82.3 Å². The predicted octanol–water partition coefficient (Wildman–Crippen LogP) is 1.67. The van der Waals surface area contributed by atoms with Crippen LogP contribution in [0.2, 0.25) is 0 Å². The maximum absolute atomic E-state index is 5.73. The van der Waals surface area contributed by atoms with Crippen molar-refractivity contribution in [1.29, 1.82) is 0 Å². The molecule has 0 spiro atoms. The van der Waals surface area contributed by atoms with Crippen LogP contribution in [0.25, 0.3) is 0 Å². The molecule has 6 nitrogen and oxygen atoms in total. The van der Waals surface area contributed by atoms with Gasteiger partial charge in [0, 0.05) is 11.6 Å². The fourth-order valence-electron chi connectivity index (χ4n) is 2.04. The molecular formula is C13H18N4O2S. The lowest BCUT2D eigenvalue weighted by Crippen LogP contribution is -2.29. The van der Waals surface area contributed by atoms with Gasteiger partial charge in [-0.15, -0.1) is 5.10 Å². The van der Waals surface area contributed by atoms with Crippen LogP contribution in [-0.4, -0.2) is 23.8 Å². The second-order valence-corrected chi connectivity index (χ2v) is 4.93. The third-order valence-corrected chi connectivity index (χ3v) is 3.93. The molecule has 1 heterocycles. The molecule has 3 N–H and O–H groups in total. The number of nitrogens with two attached hydrogens (primary N) is 1. The Kier molecular flexibility index (Phi) is 4.89. The first-order chi connectivity index (χ1) is 9.74. The molecule has 1 aromatic heterocycles. The van der Waals surface area contributed by atoms with Gasteiger partial charge >= 0.3 is 0 Å². The minimum atomic E-state index is -0.203. The van der Waals surface area contributed by atoms with Gasteiger partial charge in [-0.25, -0.2) is 5.43 Å². The lowest BCUT2D eigenvalue weighted by molar-refractivity contribution is 0.387. The van der Waals surface area contributed by atoms with Gasteiger partial charge in [0.05, 0.1) is 30.8 Å². The molecule has 0 aliphatic rings. The normalized spacial score (nSPS) is 12.2. The number of aromatic nitrogens is 2. The van der Waals surface area contributed by atoms with Crippen molar-refractivity contribution in [3.63, 3.8) is 0 Å². The number of hydrogen-bond acceptors (Lipinski definition) is 7. The molecule has 1 unspecified atom stereocenters. The number of hydrogen-bond donors (Lipinski definition) is 2. The summed E-state index contributed by atoms with van der Waals surface area (Å²) in [6.45, 7) is 2.04. The van der Waals surface area contributed by atoms with Crippen LogP contribution >= 0.6 is 11.5 Å². The molecule has 1 atom stereocenters. The van der Waals surface area contributed by atoms with Gasteiger partial charge in [0.1, 0.15) is 11.5 Å². The number of benzene rings is 1. The van der Waals surface area contributed by atoms with Gasteiger partial charge in [-0.3, -0.25) is 5.84 Å². The van der Waals surface area contributed by atoms with Crippen molar-refractivity contribution >= 4 is 11.5 Å². The number of methoxy groups -OCH3 is 2. The average molecular weight is 294 g/mol. The average Bonchev–Trinajstić information content (AvgIpc) is 2.96. The summed E-state index contributed by atoms with van der Waals surface area (Å²) in [4.78, 5) is 0.999. The molecule has 0 saturated carbocycles. The summed E-state index contributed by atoms with van der Waals surface area (Å²) in [7, 11) is 3.24. The number of ether oxygens (including phenoxy) is 2. The Morgan fingerprint density at radius 2 is 2.15 bits per heavy atom. The second kappa shape index (κ2) is 6.65. The first kappa shape index (κ1) is 14.7. The van der Waals surface area contributed by atoms with Crippen molar-refractivity contribution in [3.8, 4) is 11.5 Å². The summed E-state index contributed by atoms with van der Waals surface area (Å²) in [6.07, 6.45) is 0.808. The van der Waals surface area contributed by atoms with E-state index in [1.54, 1.807) is 14.2 Å². The van der Waals surface area contributed by atoms with Crippen molar-refractivity contribution in [2.75, 3.05) is 14.2 Å². The Bertz CT molecular complexity index is 573. The summed E-state index contributed by atoms with van der Waals surface area (Å²) in [5.74, 6) is 7.17. The van der Waals surface area contributed by atoms with Crippen molar-refractivity contribution in [1.82, 2.24) is 15.0 Å². The standard InChI is InChI=1S/C13H18N4O2S/c1-4-10-13(20-17-16-10)12(15-14)9-6-5-8(18-2)7-11(9)19-3/h5-7,12,15H,4,14H2,1-3H3. The third kappa shape index (κ3) is 2.74. The van der Waals surface area contributed by atoms with Crippen molar-refractivity contribution in [3.05, 3.63) is 34.3 Å². The largest absolute Gasteiger partial charge is 0.497 e. The fraction of sp³-hybridized carbons (Fsp3) is 0.385. The highest BCUT2D eigenvalue weighted by atomic mass is 32.1. The third-order valence-electron chi connectivity index (χ3n) is 3.10. The van der Waals surface area contributed by atoms with Gasteiger partial charge in [-0.1, -0.05) is 11.4 Å². The molecule has 0 saturated heterocycles. The fourth-order valence-corrected chi connectivity index (χ4v) is 2.86. The molecule has 0 bridgehead atoms. The van der Waals surface area contributed by atoms with Crippen LogP contribution in [-0.2, 0) is 6.42 Å². The smallest absolute Gasteiger partial charge is 0.127 e. The van der Waals surface area contributed by atoms with E-state index in [1.807, 2.05) is 25.1 Å². The number of aryl methyl sites for hydroxylation is 1. The Hall–Kier alpha value is -1.70. The monoisotopic (exact) mass is 294 g/mol. The molecule has 2 rings (SSSR count). The summed E-state index contributed by atoms with van der Waals surface area (Å²) >= 11 is 1.34. The molecule has 0 aliphatic heterocycles. The zero-order valence-corrected chi connectivity index (χ0v) is 12.5. The number of nitrogens with zero attached hydrogens (tertiary/aromatic N) is 2. The Morgan fingerprint density at radius 3 is 2.75 bits per heavy atom. The van der Waals surface area contributed by atoms with E-state index in [2.05, 4.69) is 15.0 Å². The van der Waals surface area contributed by atoms with E-state index in [0.29, 0.717) is 5.75 Å². The van der Waals surface area contributed by atoms with Gasteiger partial charge in [-0.2, -0.15) is 0 Å². The van der Waals surface area contributed by atoms with Crippen molar-refractivity contribution < 1.29 is 9.47 Å². The van der Waals surface area contributed by atoms with Crippen LogP contribution < -0.4 is 20.7 Å². The number of rotatable bonds is 6. The van der Waals surface area contributed by atoms with Gasteiger partial charge < -0.3 is 9.47 Å². The van der Waals surface area contributed by atoms with E-state index in [-0.39, 0.29) is 6.04 Å². The van der Waals surface area contributed by atoms with E-state index in [4.69, 9.17) is 15.3 Å². The van der Waals surface area contributed by atoms with Crippen molar-refractivity contribution in [2.45, 2.75) is 19.4 Å².